The maximum Gasteiger partial charge on any atom is 0.411 e. The van der Waals surface area contributed by atoms with Gasteiger partial charge >= 0.3 is 6.18 Å². The molecule has 1 aromatic heterocycles. The Hall–Kier alpha value is -0.660. The molecule has 3 unspecified atom stereocenters. The Morgan fingerprint density at radius 1 is 1.50 bits per heavy atom. The number of halogens is 3. The van der Waals surface area contributed by atoms with Crippen LogP contribution in [0.1, 0.15) is 43.5 Å². The van der Waals surface area contributed by atoms with Crippen molar-refractivity contribution in [3.8, 4) is 0 Å². The molecule has 0 spiro atoms. The van der Waals surface area contributed by atoms with Gasteiger partial charge in [0.25, 0.3) is 0 Å². The second kappa shape index (κ2) is 6.87. The van der Waals surface area contributed by atoms with Crippen LogP contribution in [0.3, 0.4) is 0 Å². The van der Waals surface area contributed by atoms with Crippen molar-refractivity contribution >= 4 is 11.3 Å². The SMILES string of the molecule is CC(NC1CCCC(OCC(F)(F)F)C1)c1cncs1. The van der Waals surface area contributed by atoms with Crippen LogP contribution in [0, 0.1) is 0 Å². The zero-order valence-electron chi connectivity index (χ0n) is 11.3. The average Bonchev–Trinajstić information content (AvgIpc) is 2.90. The highest BCUT2D eigenvalue weighted by molar-refractivity contribution is 7.09. The normalized spacial score (nSPS) is 25.6. The van der Waals surface area contributed by atoms with Crippen LogP contribution in [0.4, 0.5) is 13.2 Å². The van der Waals surface area contributed by atoms with Gasteiger partial charge in [-0.05, 0) is 32.6 Å². The van der Waals surface area contributed by atoms with Crippen molar-refractivity contribution in [2.75, 3.05) is 6.61 Å². The van der Waals surface area contributed by atoms with Crippen molar-refractivity contribution < 1.29 is 17.9 Å². The van der Waals surface area contributed by atoms with E-state index in [0.29, 0.717) is 12.8 Å². The number of ether oxygens (including phenoxy) is 1. The molecule has 0 bridgehead atoms. The molecule has 1 aliphatic rings. The molecule has 7 heteroatoms. The molecule has 1 aromatic rings. The fourth-order valence-corrected chi connectivity index (χ4v) is 3.17. The van der Waals surface area contributed by atoms with E-state index in [1.54, 1.807) is 16.8 Å². The fourth-order valence-electron chi connectivity index (χ4n) is 2.54. The molecule has 0 aromatic carbocycles. The predicted molar refractivity (Wildman–Crippen MR) is 71.7 cm³/mol. The van der Waals surface area contributed by atoms with Crippen LogP contribution < -0.4 is 5.32 Å². The third-order valence-electron chi connectivity index (χ3n) is 3.47. The summed E-state index contributed by atoms with van der Waals surface area (Å²) in [4.78, 5) is 5.18. The average molecular weight is 308 g/mol. The van der Waals surface area contributed by atoms with Gasteiger partial charge < -0.3 is 10.1 Å². The van der Waals surface area contributed by atoms with Crippen LogP contribution in [-0.4, -0.2) is 29.9 Å². The molecule has 0 saturated heterocycles. The first-order valence-electron chi connectivity index (χ1n) is 6.77. The molecule has 114 valence electrons. The molecule has 1 N–H and O–H groups in total. The Kier molecular flexibility index (Phi) is 5.40. The van der Waals surface area contributed by atoms with Crippen LogP contribution in [-0.2, 0) is 4.74 Å². The van der Waals surface area contributed by atoms with Crippen molar-refractivity contribution in [1.82, 2.24) is 10.3 Å². The van der Waals surface area contributed by atoms with E-state index in [-0.39, 0.29) is 18.2 Å². The van der Waals surface area contributed by atoms with Crippen LogP contribution in [0.5, 0.6) is 0 Å². The molecule has 0 aliphatic heterocycles. The van der Waals surface area contributed by atoms with Crippen LogP contribution >= 0.6 is 11.3 Å². The Bertz CT molecular complexity index is 397. The summed E-state index contributed by atoms with van der Waals surface area (Å²) < 4.78 is 41.4. The van der Waals surface area contributed by atoms with E-state index in [9.17, 15) is 13.2 Å². The summed E-state index contributed by atoms with van der Waals surface area (Å²) in [7, 11) is 0. The molecule has 1 saturated carbocycles. The Labute approximate surface area is 120 Å². The number of hydrogen-bond acceptors (Lipinski definition) is 4. The van der Waals surface area contributed by atoms with E-state index >= 15 is 0 Å². The van der Waals surface area contributed by atoms with E-state index in [2.05, 4.69) is 10.3 Å². The highest BCUT2D eigenvalue weighted by Crippen LogP contribution is 2.26. The monoisotopic (exact) mass is 308 g/mol. The summed E-state index contributed by atoms with van der Waals surface area (Å²) in [5, 5.41) is 3.46. The van der Waals surface area contributed by atoms with Gasteiger partial charge in [-0.15, -0.1) is 11.3 Å². The molecule has 2 rings (SSSR count). The molecule has 1 heterocycles. The summed E-state index contributed by atoms with van der Waals surface area (Å²) in [6.07, 6.45) is 0.517. The van der Waals surface area contributed by atoms with Crippen molar-refractivity contribution in [2.24, 2.45) is 0 Å². The zero-order valence-corrected chi connectivity index (χ0v) is 12.1. The molecule has 20 heavy (non-hydrogen) atoms. The van der Waals surface area contributed by atoms with Crippen LogP contribution in [0.2, 0.25) is 0 Å². The molecule has 3 nitrogen and oxygen atoms in total. The van der Waals surface area contributed by atoms with Crippen LogP contribution in [0.25, 0.3) is 0 Å². The Morgan fingerprint density at radius 2 is 2.30 bits per heavy atom. The number of alkyl halides is 3. The van der Waals surface area contributed by atoms with Gasteiger partial charge in [-0.3, -0.25) is 4.98 Å². The smallest absolute Gasteiger partial charge is 0.369 e. The minimum absolute atomic E-state index is 0.175. The third-order valence-corrected chi connectivity index (χ3v) is 4.43. The molecular formula is C13H19F3N2OS. The van der Waals surface area contributed by atoms with Gasteiger partial charge in [-0.2, -0.15) is 13.2 Å². The molecule has 0 amide bonds. The first-order valence-corrected chi connectivity index (χ1v) is 7.65. The van der Waals surface area contributed by atoms with Crippen molar-refractivity contribution in [3.63, 3.8) is 0 Å². The summed E-state index contributed by atoms with van der Waals surface area (Å²) in [5.74, 6) is 0. The summed E-state index contributed by atoms with van der Waals surface area (Å²) in [6.45, 7) is 0.905. The lowest BCUT2D eigenvalue weighted by molar-refractivity contribution is -0.188. The topological polar surface area (TPSA) is 34.1 Å². The quantitative estimate of drug-likeness (QED) is 0.901. The van der Waals surface area contributed by atoms with Crippen molar-refractivity contribution in [2.45, 2.75) is 57.0 Å². The number of nitrogens with zero attached hydrogens (tertiary/aromatic N) is 1. The minimum atomic E-state index is -4.24. The van der Waals surface area contributed by atoms with E-state index in [0.717, 1.165) is 17.7 Å². The number of nitrogens with one attached hydrogen (secondary N) is 1. The van der Waals surface area contributed by atoms with E-state index in [1.165, 1.54) is 0 Å². The largest absolute Gasteiger partial charge is 0.411 e. The lowest BCUT2D eigenvalue weighted by atomic mass is 9.92. The van der Waals surface area contributed by atoms with Gasteiger partial charge in [-0.1, -0.05) is 0 Å². The molecule has 1 aliphatic carbocycles. The first kappa shape index (κ1) is 15.7. The van der Waals surface area contributed by atoms with E-state index in [4.69, 9.17) is 4.74 Å². The maximum absolute atomic E-state index is 12.2. The number of thiazole rings is 1. The maximum atomic E-state index is 12.2. The molecule has 0 radical (unpaired) electrons. The van der Waals surface area contributed by atoms with Gasteiger partial charge in [0.1, 0.15) is 6.61 Å². The number of rotatable bonds is 5. The van der Waals surface area contributed by atoms with Gasteiger partial charge in [0.05, 0.1) is 11.6 Å². The highest BCUT2D eigenvalue weighted by Gasteiger charge is 2.31. The molecule has 1 fully saturated rings. The zero-order chi connectivity index (χ0) is 14.6. The summed E-state index contributed by atoms with van der Waals surface area (Å²) in [5.41, 5.74) is 1.78. The number of aromatic nitrogens is 1. The third kappa shape index (κ3) is 5.03. The highest BCUT2D eigenvalue weighted by atomic mass is 32.1. The second-order valence-corrected chi connectivity index (χ2v) is 6.12. The fraction of sp³-hybridized carbons (Fsp3) is 0.769. The number of hydrogen-bond donors (Lipinski definition) is 1. The summed E-state index contributed by atoms with van der Waals surface area (Å²) in [6, 6.07) is 0.382. The van der Waals surface area contributed by atoms with Gasteiger partial charge in [0.15, 0.2) is 0 Å². The lowest BCUT2D eigenvalue weighted by Crippen LogP contribution is -2.39. The summed E-state index contributed by atoms with van der Waals surface area (Å²) >= 11 is 1.58. The second-order valence-electron chi connectivity index (χ2n) is 5.20. The Balaban J connectivity index is 1.78. The van der Waals surface area contributed by atoms with E-state index < -0.39 is 12.8 Å². The predicted octanol–water partition coefficient (Wildman–Crippen LogP) is 3.68. The van der Waals surface area contributed by atoms with E-state index in [1.807, 2.05) is 13.1 Å². The van der Waals surface area contributed by atoms with Crippen LogP contribution in [0.15, 0.2) is 11.7 Å². The van der Waals surface area contributed by atoms with Gasteiger partial charge in [-0.25, -0.2) is 0 Å². The lowest BCUT2D eigenvalue weighted by Gasteiger charge is -2.31. The molecular weight excluding hydrogens is 289 g/mol. The van der Waals surface area contributed by atoms with Crippen molar-refractivity contribution in [3.05, 3.63) is 16.6 Å². The molecule has 3 atom stereocenters. The Morgan fingerprint density at radius 3 is 2.95 bits per heavy atom. The van der Waals surface area contributed by atoms with Gasteiger partial charge in [0, 0.05) is 23.2 Å². The first-order chi connectivity index (χ1) is 9.44. The minimum Gasteiger partial charge on any atom is -0.369 e. The van der Waals surface area contributed by atoms with Gasteiger partial charge in [0.2, 0.25) is 0 Å². The van der Waals surface area contributed by atoms with Crippen molar-refractivity contribution in [1.29, 1.82) is 0 Å². The standard InChI is InChI=1S/C13H19F3N2OS/c1-9(12-6-17-8-20-12)18-10-3-2-4-11(5-10)19-7-13(14,15)16/h6,8-11,18H,2-5,7H2,1H3.